The van der Waals surface area contributed by atoms with Gasteiger partial charge in [0.15, 0.2) is 11.2 Å². The van der Waals surface area contributed by atoms with Crippen LogP contribution in [0.4, 0.5) is 5.95 Å². The molecule has 9 nitrogen and oxygen atoms in total. The molecular weight excluding hydrogens is 510 g/mol. The van der Waals surface area contributed by atoms with Gasteiger partial charge in [0.1, 0.15) is 0 Å². The maximum atomic E-state index is 13.3. The molecule has 0 saturated carbocycles. The molecule has 3 aromatic heterocycles. The zero-order valence-electron chi connectivity index (χ0n) is 19.8. The van der Waals surface area contributed by atoms with Crippen LogP contribution in [-0.4, -0.2) is 49.8 Å². The molecule has 35 heavy (non-hydrogen) atoms. The Morgan fingerprint density at radius 1 is 1.09 bits per heavy atom. The van der Waals surface area contributed by atoms with E-state index in [-0.39, 0.29) is 11.2 Å². The van der Waals surface area contributed by atoms with Crippen LogP contribution in [0.2, 0.25) is 0 Å². The molecule has 1 fully saturated rings. The van der Waals surface area contributed by atoms with Crippen LogP contribution in [0.5, 0.6) is 0 Å². The van der Waals surface area contributed by atoms with Crippen molar-refractivity contribution in [2.75, 3.05) is 31.1 Å². The third-order valence-corrected chi connectivity index (χ3v) is 7.36. The Hall–Kier alpha value is -3.24. The number of aromatic nitrogens is 5. The average Bonchev–Trinajstić information content (AvgIpc) is 3.08. The van der Waals surface area contributed by atoms with Gasteiger partial charge >= 0.3 is 5.69 Å². The topological polar surface area (TPSA) is 90.0 Å². The molecule has 0 aliphatic carbocycles. The number of aryl methyl sites for hydroxylation is 1. The highest BCUT2D eigenvalue weighted by Gasteiger charge is 2.26. The summed E-state index contributed by atoms with van der Waals surface area (Å²) in [5.74, 6) is 1.01. The normalized spacial score (nSPS) is 16.5. The predicted octanol–water partition coefficient (Wildman–Crippen LogP) is 1.91. The van der Waals surface area contributed by atoms with Crippen LogP contribution in [0.1, 0.15) is 11.3 Å². The quantitative estimate of drug-likeness (QED) is 0.418. The molecule has 1 aromatic carbocycles. The number of halogens is 1. The van der Waals surface area contributed by atoms with Gasteiger partial charge in [0.05, 0.1) is 6.54 Å². The third-order valence-electron chi connectivity index (χ3n) is 6.59. The summed E-state index contributed by atoms with van der Waals surface area (Å²) in [4.78, 5) is 37.6. The van der Waals surface area contributed by atoms with Crippen molar-refractivity contribution in [2.24, 2.45) is 20.0 Å². The molecule has 10 heteroatoms. The number of hydrogen-bond acceptors (Lipinski definition) is 6. The third kappa shape index (κ3) is 4.55. The van der Waals surface area contributed by atoms with Crippen molar-refractivity contribution in [3.8, 4) is 0 Å². The molecular formula is C25H28BrN7O2. The molecule has 0 amide bonds. The van der Waals surface area contributed by atoms with Crippen LogP contribution in [-0.2, 0) is 27.1 Å². The van der Waals surface area contributed by atoms with Crippen molar-refractivity contribution in [3.63, 3.8) is 0 Å². The average molecular weight is 538 g/mol. The molecule has 182 valence electrons. The fraction of sp³-hybridized carbons (Fsp3) is 0.360. The van der Waals surface area contributed by atoms with Gasteiger partial charge < -0.3 is 10.2 Å². The van der Waals surface area contributed by atoms with Crippen LogP contribution >= 0.6 is 15.9 Å². The minimum Gasteiger partial charge on any atom is -0.341 e. The minimum atomic E-state index is -0.384. The Morgan fingerprint density at radius 3 is 2.66 bits per heavy atom. The molecule has 1 N–H and O–H groups in total. The van der Waals surface area contributed by atoms with Gasteiger partial charge in [0.2, 0.25) is 5.95 Å². The van der Waals surface area contributed by atoms with E-state index in [9.17, 15) is 9.59 Å². The van der Waals surface area contributed by atoms with Gasteiger partial charge in [-0.05, 0) is 36.1 Å². The van der Waals surface area contributed by atoms with E-state index in [4.69, 9.17) is 4.98 Å². The molecule has 0 bridgehead atoms. The smallest absolute Gasteiger partial charge is 0.332 e. The first kappa shape index (κ1) is 23.5. The molecule has 1 aliphatic heterocycles. The van der Waals surface area contributed by atoms with Crippen LogP contribution in [0, 0.1) is 5.92 Å². The molecule has 4 aromatic rings. The predicted molar refractivity (Wildman–Crippen MR) is 140 cm³/mol. The Morgan fingerprint density at radius 2 is 1.89 bits per heavy atom. The second kappa shape index (κ2) is 9.79. The molecule has 1 unspecified atom stereocenters. The van der Waals surface area contributed by atoms with Crippen molar-refractivity contribution < 1.29 is 0 Å². The molecule has 1 saturated heterocycles. The summed E-state index contributed by atoms with van der Waals surface area (Å²) in [6, 6.07) is 13.9. The molecule has 5 rings (SSSR count). The lowest BCUT2D eigenvalue weighted by molar-refractivity contribution is 0.505. The number of imidazole rings is 1. The van der Waals surface area contributed by atoms with Gasteiger partial charge in [-0.3, -0.25) is 23.5 Å². The van der Waals surface area contributed by atoms with Gasteiger partial charge in [-0.1, -0.05) is 40.2 Å². The highest BCUT2D eigenvalue weighted by Crippen LogP contribution is 2.26. The Bertz CT molecular complexity index is 1480. The summed E-state index contributed by atoms with van der Waals surface area (Å²) in [6.45, 7) is 3.63. The number of anilines is 1. The Labute approximate surface area is 211 Å². The van der Waals surface area contributed by atoms with Crippen molar-refractivity contribution in [2.45, 2.75) is 13.0 Å². The summed E-state index contributed by atoms with van der Waals surface area (Å²) in [6.07, 6.45) is 2.67. The highest BCUT2D eigenvalue weighted by molar-refractivity contribution is 9.10. The zero-order chi connectivity index (χ0) is 24.5. The first-order chi connectivity index (χ1) is 16.9. The van der Waals surface area contributed by atoms with Gasteiger partial charge in [-0.2, -0.15) is 4.98 Å². The number of nitrogens with one attached hydrogen (secondary N) is 1. The molecule has 1 aliphatic rings. The lowest BCUT2D eigenvalue weighted by Gasteiger charge is -2.26. The van der Waals surface area contributed by atoms with Gasteiger partial charge in [0.25, 0.3) is 5.56 Å². The van der Waals surface area contributed by atoms with Crippen molar-refractivity contribution in [3.05, 3.63) is 85.2 Å². The second-order valence-corrected chi connectivity index (χ2v) is 9.86. The number of hydrogen-bond donors (Lipinski definition) is 1. The number of pyridine rings is 1. The Balaban J connectivity index is 1.62. The number of benzene rings is 1. The summed E-state index contributed by atoms with van der Waals surface area (Å²) in [5, 5.41) is 3.54. The van der Waals surface area contributed by atoms with E-state index >= 15 is 0 Å². The Kier molecular flexibility index (Phi) is 6.57. The molecule has 0 spiro atoms. The van der Waals surface area contributed by atoms with Crippen molar-refractivity contribution in [1.29, 1.82) is 0 Å². The van der Waals surface area contributed by atoms with E-state index in [1.807, 2.05) is 47.2 Å². The standard InChI is InChI=1S/C25H28BrN7O2/c1-30-22-21(23(34)31(2)25(30)35)33(16-18-7-3-4-9-20(18)26)24(29-22)32-12-11-27-14-17(15-32)13-19-8-5-6-10-28-19/h3-10,17,27H,11-16H2,1-2H3. The van der Waals surface area contributed by atoms with Crippen LogP contribution in [0.25, 0.3) is 11.2 Å². The van der Waals surface area contributed by atoms with E-state index in [2.05, 4.69) is 37.2 Å². The second-order valence-electron chi connectivity index (χ2n) is 9.01. The fourth-order valence-corrected chi connectivity index (χ4v) is 5.15. The van der Waals surface area contributed by atoms with E-state index in [1.54, 1.807) is 7.05 Å². The van der Waals surface area contributed by atoms with Gasteiger partial charge in [-0.25, -0.2) is 4.79 Å². The number of fused-ring (bicyclic) bond motifs is 1. The summed E-state index contributed by atoms with van der Waals surface area (Å²) in [7, 11) is 3.18. The monoisotopic (exact) mass is 537 g/mol. The maximum absolute atomic E-state index is 13.3. The minimum absolute atomic E-state index is 0.316. The lowest BCUT2D eigenvalue weighted by atomic mass is 10.0. The largest absolute Gasteiger partial charge is 0.341 e. The van der Waals surface area contributed by atoms with E-state index < -0.39 is 0 Å². The van der Waals surface area contributed by atoms with Gasteiger partial charge in [-0.15, -0.1) is 0 Å². The SMILES string of the molecule is Cn1c(=O)c2c(nc(N3CCNCC(Cc4ccccn4)C3)n2Cc2ccccc2Br)n(C)c1=O. The molecule has 1 atom stereocenters. The number of nitrogens with zero attached hydrogens (tertiary/aromatic N) is 6. The summed E-state index contributed by atoms with van der Waals surface area (Å²) in [5.41, 5.74) is 2.19. The van der Waals surface area contributed by atoms with E-state index in [0.29, 0.717) is 29.6 Å². The van der Waals surface area contributed by atoms with Crippen molar-refractivity contribution in [1.82, 2.24) is 29.0 Å². The summed E-state index contributed by atoms with van der Waals surface area (Å²) < 4.78 is 5.52. The van der Waals surface area contributed by atoms with Gasteiger partial charge in [0, 0.05) is 56.6 Å². The van der Waals surface area contributed by atoms with Crippen molar-refractivity contribution >= 4 is 33.0 Å². The maximum Gasteiger partial charge on any atom is 0.332 e. The van der Waals surface area contributed by atoms with Crippen LogP contribution < -0.4 is 21.5 Å². The van der Waals surface area contributed by atoms with Crippen LogP contribution in [0.15, 0.2) is 62.7 Å². The van der Waals surface area contributed by atoms with E-state index in [1.165, 1.54) is 11.6 Å². The summed E-state index contributed by atoms with van der Waals surface area (Å²) >= 11 is 3.64. The molecule has 4 heterocycles. The highest BCUT2D eigenvalue weighted by atomic mass is 79.9. The lowest BCUT2D eigenvalue weighted by Crippen LogP contribution is -2.37. The molecule has 0 radical (unpaired) electrons. The number of rotatable bonds is 5. The zero-order valence-corrected chi connectivity index (χ0v) is 21.4. The fourth-order valence-electron chi connectivity index (χ4n) is 4.74. The first-order valence-electron chi connectivity index (χ1n) is 11.7. The van der Waals surface area contributed by atoms with Crippen LogP contribution in [0.3, 0.4) is 0 Å². The van der Waals surface area contributed by atoms with E-state index in [0.717, 1.165) is 52.9 Å². The first-order valence-corrected chi connectivity index (χ1v) is 12.5.